The molecule has 0 spiro atoms. The van der Waals surface area contributed by atoms with Gasteiger partial charge in [-0.2, -0.15) is 13.2 Å². The summed E-state index contributed by atoms with van der Waals surface area (Å²) < 4.78 is 45.2. The lowest BCUT2D eigenvalue weighted by molar-refractivity contribution is -0.216. The predicted octanol–water partition coefficient (Wildman–Crippen LogP) is 1.62. The van der Waals surface area contributed by atoms with Gasteiger partial charge in [-0.05, 0) is 6.92 Å². The van der Waals surface area contributed by atoms with Crippen LogP contribution >= 0.6 is 0 Å². The van der Waals surface area contributed by atoms with Crippen LogP contribution in [0.5, 0.6) is 0 Å². The third-order valence-electron chi connectivity index (χ3n) is 2.34. The Kier molecular flexibility index (Phi) is 0.996. The van der Waals surface area contributed by atoms with E-state index in [9.17, 15) is 18.0 Å². The number of hydrogen-bond acceptors (Lipinski definition) is 3. The SMILES string of the molecule is CC12CC1(C(F)(F)F)OC(=O)O2. The molecule has 2 fully saturated rings. The molecule has 1 saturated heterocycles. The molecule has 2 unspecified atom stereocenters. The average molecular weight is 182 g/mol. The van der Waals surface area contributed by atoms with Crippen LogP contribution in [0, 0.1) is 0 Å². The molecule has 12 heavy (non-hydrogen) atoms. The van der Waals surface area contributed by atoms with Gasteiger partial charge in [-0.15, -0.1) is 0 Å². The molecule has 0 aromatic carbocycles. The molecule has 0 aromatic rings. The molecule has 3 nitrogen and oxygen atoms in total. The normalized spacial score (nSPS) is 44.8. The maximum Gasteiger partial charge on any atom is 0.510 e. The van der Waals surface area contributed by atoms with Gasteiger partial charge in [0.2, 0.25) is 0 Å². The second-order valence-corrected chi connectivity index (χ2v) is 3.19. The number of hydrogen-bond donors (Lipinski definition) is 0. The van der Waals surface area contributed by atoms with Crippen molar-refractivity contribution in [2.45, 2.75) is 30.7 Å². The topological polar surface area (TPSA) is 35.5 Å². The van der Waals surface area contributed by atoms with Crippen LogP contribution in [0.15, 0.2) is 0 Å². The van der Waals surface area contributed by atoms with E-state index in [0.717, 1.165) is 0 Å². The summed E-state index contributed by atoms with van der Waals surface area (Å²) in [6.45, 7) is 1.21. The first kappa shape index (κ1) is 7.70. The van der Waals surface area contributed by atoms with Crippen molar-refractivity contribution in [3.05, 3.63) is 0 Å². The lowest BCUT2D eigenvalue weighted by Gasteiger charge is -2.14. The van der Waals surface area contributed by atoms with Gasteiger partial charge in [0.1, 0.15) is 0 Å². The lowest BCUT2D eigenvalue weighted by Crippen LogP contribution is -2.37. The van der Waals surface area contributed by atoms with Gasteiger partial charge in [0.25, 0.3) is 5.60 Å². The largest absolute Gasteiger partial charge is 0.510 e. The fourth-order valence-corrected chi connectivity index (χ4v) is 1.50. The average Bonchev–Trinajstić information content (AvgIpc) is 2.26. The molecule has 2 aliphatic rings. The molecule has 1 saturated carbocycles. The Morgan fingerprint density at radius 3 is 2.25 bits per heavy atom. The summed E-state index contributed by atoms with van der Waals surface area (Å²) in [6, 6.07) is 0. The van der Waals surface area contributed by atoms with Crippen molar-refractivity contribution < 1.29 is 27.4 Å². The van der Waals surface area contributed by atoms with Gasteiger partial charge in [0, 0.05) is 6.42 Å². The molecule has 0 radical (unpaired) electrons. The smallest absolute Gasteiger partial charge is 0.423 e. The molecule has 2 rings (SSSR count). The molecule has 0 amide bonds. The predicted molar refractivity (Wildman–Crippen MR) is 29.4 cm³/mol. The van der Waals surface area contributed by atoms with Crippen LogP contribution in [0.25, 0.3) is 0 Å². The highest BCUT2D eigenvalue weighted by molar-refractivity contribution is 5.67. The van der Waals surface area contributed by atoms with E-state index in [-0.39, 0.29) is 6.42 Å². The number of alkyl halides is 3. The molecule has 2 atom stereocenters. The number of rotatable bonds is 0. The summed E-state index contributed by atoms with van der Waals surface area (Å²) in [5.41, 5.74) is -3.85. The highest BCUT2D eigenvalue weighted by atomic mass is 19.4. The third-order valence-corrected chi connectivity index (χ3v) is 2.34. The molecule has 1 aliphatic carbocycles. The van der Waals surface area contributed by atoms with Crippen LogP contribution in [0.3, 0.4) is 0 Å². The second kappa shape index (κ2) is 1.55. The Hall–Kier alpha value is -0.940. The number of fused-ring (bicyclic) bond motifs is 1. The molecular weight excluding hydrogens is 177 g/mol. The van der Waals surface area contributed by atoms with Crippen molar-refractivity contribution in [2.24, 2.45) is 0 Å². The Balaban J connectivity index is 2.33. The Morgan fingerprint density at radius 1 is 1.42 bits per heavy atom. The van der Waals surface area contributed by atoms with Gasteiger partial charge in [0.05, 0.1) is 0 Å². The van der Waals surface area contributed by atoms with Crippen LogP contribution < -0.4 is 0 Å². The molecule has 6 heteroatoms. The van der Waals surface area contributed by atoms with E-state index in [4.69, 9.17) is 0 Å². The second-order valence-electron chi connectivity index (χ2n) is 3.19. The van der Waals surface area contributed by atoms with Crippen LogP contribution in [-0.2, 0) is 9.47 Å². The van der Waals surface area contributed by atoms with E-state index < -0.39 is 23.5 Å². The highest BCUT2D eigenvalue weighted by Gasteiger charge is 2.88. The van der Waals surface area contributed by atoms with Crippen LogP contribution in [0.1, 0.15) is 13.3 Å². The fraction of sp³-hybridized carbons (Fsp3) is 0.833. The van der Waals surface area contributed by atoms with Gasteiger partial charge < -0.3 is 9.47 Å². The zero-order chi connectivity index (χ0) is 9.20. The van der Waals surface area contributed by atoms with E-state index >= 15 is 0 Å². The van der Waals surface area contributed by atoms with Crippen molar-refractivity contribution >= 4 is 6.16 Å². The Bertz CT molecular complexity index is 261. The maximum atomic E-state index is 12.2. The van der Waals surface area contributed by atoms with Gasteiger partial charge in [-0.3, -0.25) is 0 Å². The van der Waals surface area contributed by atoms with Gasteiger partial charge in [0.15, 0.2) is 5.60 Å². The van der Waals surface area contributed by atoms with E-state index in [2.05, 4.69) is 9.47 Å². The van der Waals surface area contributed by atoms with Crippen molar-refractivity contribution in [1.82, 2.24) is 0 Å². The number of halogens is 3. The Morgan fingerprint density at radius 2 is 2.00 bits per heavy atom. The summed E-state index contributed by atoms with van der Waals surface area (Å²) in [4.78, 5) is 10.4. The maximum absolute atomic E-state index is 12.2. The van der Waals surface area contributed by atoms with Crippen LogP contribution in [0.2, 0.25) is 0 Å². The highest BCUT2D eigenvalue weighted by Crippen LogP contribution is 2.65. The minimum absolute atomic E-state index is 0.296. The van der Waals surface area contributed by atoms with Crippen molar-refractivity contribution in [3.63, 3.8) is 0 Å². The third kappa shape index (κ3) is 0.610. The molecule has 0 aromatic heterocycles. The van der Waals surface area contributed by atoms with Gasteiger partial charge in [-0.1, -0.05) is 0 Å². The lowest BCUT2D eigenvalue weighted by atomic mass is 10.2. The van der Waals surface area contributed by atoms with Crippen LogP contribution in [-0.4, -0.2) is 23.5 Å². The summed E-state index contributed by atoms with van der Waals surface area (Å²) >= 11 is 0. The van der Waals surface area contributed by atoms with E-state index in [1.54, 1.807) is 0 Å². The standard InChI is InChI=1S/C6H5F3O3/c1-4-2-5(4,6(7,8)9)12-3(10)11-4/h2H2,1H3. The van der Waals surface area contributed by atoms with Crippen molar-refractivity contribution in [1.29, 1.82) is 0 Å². The van der Waals surface area contributed by atoms with E-state index in [1.807, 2.05) is 0 Å². The summed E-state index contributed by atoms with van der Waals surface area (Å²) in [6.07, 6.45) is -6.07. The molecule has 1 heterocycles. The number of ether oxygens (including phenoxy) is 2. The van der Waals surface area contributed by atoms with Crippen molar-refractivity contribution in [2.75, 3.05) is 0 Å². The molecular formula is C6H5F3O3. The summed E-state index contributed by atoms with van der Waals surface area (Å²) in [5, 5.41) is 0. The first-order chi connectivity index (χ1) is 5.31. The molecule has 1 aliphatic heterocycles. The first-order valence-corrected chi connectivity index (χ1v) is 3.29. The minimum atomic E-state index is -4.53. The van der Waals surface area contributed by atoms with Gasteiger partial charge in [-0.25, -0.2) is 4.79 Å². The van der Waals surface area contributed by atoms with E-state index in [0.29, 0.717) is 0 Å². The zero-order valence-corrected chi connectivity index (χ0v) is 6.07. The van der Waals surface area contributed by atoms with E-state index in [1.165, 1.54) is 6.92 Å². The van der Waals surface area contributed by atoms with Gasteiger partial charge >= 0.3 is 12.3 Å². The number of carbonyl (C=O) groups excluding carboxylic acids is 1. The monoisotopic (exact) mass is 182 g/mol. The molecule has 0 bridgehead atoms. The van der Waals surface area contributed by atoms with Crippen molar-refractivity contribution in [3.8, 4) is 0 Å². The molecule has 0 N–H and O–H groups in total. The van der Waals surface area contributed by atoms with Crippen LogP contribution in [0.4, 0.5) is 18.0 Å². The summed E-state index contributed by atoms with van der Waals surface area (Å²) in [7, 11) is 0. The Labute approximate surface area is 65.4 Å². The number of carbonyl (C=O) groups is 1. The zero-order valence-electron chi connectivity index (χ0n) is 6.07. The fourth-order valence-electron chi connectivity index (χ4n) is 1.50. The quantitative estimate of drug-likeness (QED) is 0.534. The molecule has 68 valence electrons. The summed E-state index contributed by atoms with van der Waals surface area (Å²) in [5.74, 6) is 0. The first-order valence-electron chi connectivity index (χ1n) is 3.29. The minimum Gasteiger partial charge on any atom is -0.423 e.